The Hall–Kier alpha value is -0.670. The van der Waals surface area contributed by atoms with Crippen molar-refractivity contribution in [1.29, 1.82) is 0 Å². The van der Waals surface area contributed by atoms with Crippen LogP contribution in [0, 0.1) is 5.92 Å². The molecule has 2 rings (SSSR count). The number of phenols is 1. The fraction of sp³-hybridized carbons (Fsp3) is 0.538. The van der Waals surface area contributed by atoms with Gasteiger partial charge in [0.2, 0.25) is 0 Å². The summed E-state index contributed by atoms with van der Waals surface area (Å²) in [7, 11) is 0. The zero-order chi connectivity index (χ0) is 11.4. The largest absolute Gasteiger partial charge is 0.508 e. The highest BCUT2D eigenvalue weighted by molar-refractivity contribution is 7.99. The van der Waals surface area contributed by atoms with Gasteiger partial charge < -0.3 is 10.4 Å². The molecule has 1 aliphatic rings. The number of thioether (sulfide) groups is 1. The van der Waals surface area contributed by atoms with Crippen molar-refractivity contribution in [3.8, 4) is 5.75 Å². The highest BCUT2D eigenvalue weighted by Crippen LogP contribution is 2.23. The van der Waals surface area contributed by atoms with Crippen molar-refractivity contribution in [2.24, 2.45) is 5.92 Å². The van der Waals surface area contributed by atoms with Gasteiger partial charge in [-0.3, -0.25) is 0 Å². The summed E-state index contributed by atoms with van der Waals surface area (Å²) in [6.07, 6.45) is 1.35. The molecule has 0 aliphatic carbocycles. The number of hydrogen-bond donors (Lipinski definition) is 2. The molecule has 0 aromatic heterocycles. The smallest absolute Gasteiger partial charge is 0.115 e. The number of nitrogens with one attached hydrogen (secondary N) is 1. The van der Waals surface area contributed by atoms with Crippen LogP contribution in [0.5, 0.6) is 5.75 Å². The standard InChI is InChI=1S/C13H19NOS/c1-10(12-2-4-13(15)5-3-12)14-8-11-6-7-16-9-11/h2-5,10-11,14-15H,6-9H2,1H3. The molecule has 1 fully saturated rings. The number of aromatic hydroxyl groups is 1. The van der Waals surface area contributed by atoms with Gasteiger partial charge in [-0.1, -0.05) is 12.1 Å². The van der Waals surface area contributed by atoms with Crippen molar-refractivity contribution >= 4 is 11.8 Å². The number of rotatable bonds is 4. The molecule has 0 saturated carbocycles. The summed E-state index contributed by atoms with van der Waals surface area (Å²) >= 11 is 2.06. The summed E-state index contributed by atoms with van der Waals surface area (Å²) in [5.41, 5.74) is 1.24. The highest BCUT2D eigenvalue weighted by Gasteiger charge is 2.16. The first kappa shape index (κ1) is 11.8. The van der Waals surface area contributed by atoms with Crippen LogP contribution in [0.4, 0.5) is 0 Å². The van der Waals surface area contributed by atoms with E-state index in [0.29, 0.717) is 11.8 Å². The SMILES string of the molecule is CC(NCC1CCSC1)c1ccc(O)cc1. The molecule has 88 valence electrons. The van der Waals surface area contributed by atoms with E-state index in [1.54, 1.807) is 12.1 Å². The van der Waals surface area contributed by atoms with E-state index in [1.807, 2.05) is 12.1 Å². The van der Waals surface area contributed by atoms with Crippen LogP contribution in [-0.2, 0) is 0 Å². The van der Waals surface area contributed by atoms with E-state index in [4.69, 9.17) is 0 Å². The van der Waals surface area contributed by atoms with Crippen LogP contribution in [-0.4, -0.2) is 23.2 Å². The third-order valence-electron chi connectivity index (χ3n) is 3.13. The summed E-state index contributed by atoms with van der Waals surface area (Å²) < 4.78 is 0. The molecule has 16 heavy (non-hydrogen) atoms. The molecule has 1 aromatic carbocycles. The fourth-order valence-electron chi connectivity index (χ4n) is 1.97. The van der Waals surface area contributed by atoms with Crippen molar-refractivity contribution in [1.82, 2.24) is 5.32 Å². The van der Waals surface area contributed by atoms with Gasteiger partial charge in [0.1, 0.15) is 5.75 Å². The Kier molecular flexibility index (Phi) is 4.13. The minimum atomic E-state index is 0.336. The number of benzene rings is 1. The van der Waals surface area contributed by atoms with E-state index in [2.05, 4.69) is 24.0 Å². The Labute approximate surface area is 101 Å². The first-order valence-corrected chi connectivity index (χ1v) is 7.01. The van der Waals surface area contributed by atoms with Crippen molar-refractivity contribution in [2.75, 3.05) is 18.1 Å². The maximum absolute atomic E-state index is 9.22. The molecule has 0 radical (unpaired) electrons. The predicted octanol–water partition coefficient (Wildman–Crippen LogP) is 2.80. The minimum absolute atomic E-state index is 0.336. The second-order valence-electron chi connectivity index (χ2n) is 4.45. The quantitative estimate of drug-likeness (QED) is 0.844. The fourth-order valence-corrected chi connectivity index (χ4v) is 3.25. The Morgan fingerprint density at radius 3 is 2.81 bits per heavy atom. The van der Waals surface area contributed by atoms with Crippen molar-refractivity contribution in [2.45, 2.75) is 19.4 Å². The van der Waals surface area contributed by atoms with E-state index in [1.165, 1.54) is 23.5 Å². The summed E-state index contributed by atoms with van der Waals surface area (Å²) in [5.74, 6) is 3.79. The average Bonchev–Trinajstić information content (AvgIpc) is 2.80. The Bertz CT molecular complexity index is 319. The minimum Gasteiger partial charge on any atom is -0.508 e. The second kappa shape index (κ2) is 5.60. The third-order valence-corrected chi connectivity index (χ3v) is 4.36. The van der Waals surface area contributed by atoms with Gasteiger partial charge in [-0.15, -0.1) is 0 Å². The number of hydrogen-bond acceptors (Lipinski definition) is 3. The molecule has 2 N–H and O–H groups in total. The molecule has 0 bridgehead atoms. The summed E-state index contributed by atoms with van der Waals surface area (Å²) in [6, 6.07) is 7.83. The normalized spacial score (nSPS) is 22.2. The molecule has 2 unspecified atom stereocenters. The van der Waals surface area contributed by atoms with E-state index in [0.717, 1.165) is 12.5 Å². The first-order chi connectivity index (χ1) is 7.75. The van der Waals surface area contributed by atoms with Gasteiger partial charge in [-0.2, -0.15) is 11.8 Å². The molecule has 1 saturated heterocycles. The predicted molar refractivity (Wildman–Crippen MR) is 70.0 cm³/mol. The molecule has 1 aliphatic heterocycles. The monoisotopic (exact) mass is 237 g/mol. The van der Waals surface area contributed by atoms with Crippen molar-refractivity contribution < 1.29 is 5.11 Å². The van der Waals surface area contributed by atoms with E-state index < -0.39 is 0 Å². The van der Waals surface area contributed by atoms with E-state index in [9.17, 15) is 5.11 Å². The topological polar surface area (TPSA) is 32.3 Å². The lowest BCUT2D eigenvalue weighted by molar-refractivity contribution is 0.469. The van der Waals surface area contributed by atoms with Gasteiger partial charge in [-0.25, -0.2) is 0 Å². The van der Waals surface area contributed by atoms with Gasteiger partial charge in [0.15, 0.2) is 0 Å². The van der Waals surface area contributed by atoms with Crippen molar-refractivity contribution in [3.63, 3.8) is 0 Å². The van der Waals surface area contributed by atoms with Crippen LogP contribution < -0.4 is 5.32 Å². The zero-order valence-electron chi connectivity index (χ0n) is 9.65. The second-order valence-corrected chi connectivity index (χ2v) is 5.60. The summed E-state index contributed by atoms with van der Waals surface area (Å²) in [6.45, 7) is 3.28. The molecule has 1 heterocycles. The van der Waals surface area contributed by atoms with Crippen LogP contribution in [0.1, 0.15) is 24.9 Å². The average molecular weight is 237 g/mol. The van der Waals surface area contributed by atoms with Crippen LogP contribution in [0.25, 0.3) is 0 Å². The van der Waals surface area contributed by atoms with Gasteiger partial charge in [0.05, 0.1) is 0 Å². The molecule has 0 spiro atoms. The van der Waals surface area contributed by atoms with Crippen molar-refractivity contribution in [3.05, 3.63) is 29.8 Å². The zero-order valence-corrected chi connectivity index (χ0v) is 10.5. The Balaban J connectivity index is 1.82. The lowest BCUT2D eigenvalue weighted by atomic mass is 10.1. The maximum Gasteiger partial charge on any atom is 0.115 e. The van der Waals surface area contributed by atoms with Crippen LogP contribution >= 0.6 is 11.8 Å². The molecule has 3 heteroatoms. The summed E-state index contributed by atoms with van der Waals surface area (Å²) in [5, 5.41) is 12.8. The lowest BCUT2D eigenvalue weighted by Gasteiger charge is -2.17. The third kappa shape index (κ3) is 3.16. The van der Waals surface area contributed by atoms with Crippen LogP contribution in [0.3, 0.4) is 0 Å². The summed E-state index contributed by atoms with van der Waals surface area (Å²) in [4.78, 5) is 0. The first-order valence-electron chi connectivity index (χ1n) is 5.86. The molecular weight excluding hydrogens is 218 g/mol. The van der Waals surface area contributed by atoms with E-state index in [-0.39, 0.29) is 0 Å². The highest BCUT2D eigenvalue weighted by atomic mass is 32.2. The maximum atomic E-state index is 9.22. The van der Waals surface area contributed by atoms with Crippen LogP contribution in [0.2, 0.25) is 0 Å². The molecule has 2 nitrogen and oxygen atoms in total. The van der Waals surface area contributed by atoms with Gasteiger partial charge in [0, 0.05) is 6.04 Å². The molecular formula is C13H19NOS. The molecule has 2 atom stereocenters. The Morgan fingerprint density at radius 1 is 1.44 bits per heavy atom. The lowest BCUT2D eigenvalue weighted by Crippen LogP contribution is -2.25. The van der Waals surface area contributed by atoms with Crippen LogP contribution in [0.15, 0.2) is 24.3 Å². The van der Waals surface area contributed by atoms with Gasteiger partial charge >= 0.3 is 0 Å². The Morgan fingerprint density at radius 2 is 2.19 bits per heavy atom. The molecule has 1 aromatic rings. The number of phenolic OH excluding ortho intramolecular Hbond substituents is 1. The van der Waals surface area contributed by atoms with Gasteiger partial charge in [0.25, 0.3) is 0 Å². The molecule has 0 amide bonds. The van der Waals surface area contributed by atoms with E-state index >= 15 is 0 Å². The van der Waals surface area contributed by atoms with Gasteiger partial charge in [-0.05, 0) is 55.0 Å².